The number of ether oxygens (including phenoxy) is 1. The maximum atomic E-state index is 9.51. The average molecular weight is 248 g/mol. The number of phenolic OH excluding ortho intramolecular Hbond substituents is 1. The molecule has 1 aromatic carbocycles. The van der Waals surface area contributed by atoms with Gasteiger partial charge in [0.2, 0.25) is 0 Å². The predicted octanol–water partition coefficient (Wildman–Crippen LogP) is 2.79. The summed E-state index contributed by atoms with van der Waals surface area (Å²) >= 11 is 0. The first-order chi connectivity index (χ1) is 8.74. The molecule has 1 heterocycles. The molecule has 0 saturated carbocycles. The van der Waals surface area contributed by atoms with Crippen LogP contribution in [0.2, 0.25) is 0 Å². The van der Waals surface area contributed by atoms with Gasteiger partial charge in [0.15, 0.2) is 17.3 Å². The number of nitrogens with zero attached hydrogens (tertiary/aromatic N) is 2. The molecule has 0 aliphatic heterocycles. The molecule has 18 heavy (non-hydrogen) atoms. The highest BCUT2D eigenvalue weighted by Gasteiger charge is 2.11. The van der Waals surface area contributed by atoms with Crippen LogP contribution >= 0.6 is 0 Å². The van der Waals surface area contributed by atoms with Crippen LogP contribution in [0.1, 0.15) is 25.6 Å². The third kappa shape index (κ3) is 2.61. The highest BCUT2D eigenvalue weighted by Crippen LogP contribution is 2.30. The summed E-state index contributed by atoms with van der Waals surface area (Å²) in [6.07, 6.45) is 2.95. The van der Waals surface area contributed by atoms with E-state index in [1.807, 2.05) is 0 Å². The minimum atomic E-state index is 0.0898. The molecule has 0 saturated heterocycles. The molecular formula is C13H16N2O3. The number of aromatic hydroxyl groups is 1. The second-order valence-corrected chi connectivity index (χ2v) is 4.01. The molecular weight excluding hydrogens is 232 g/mol. The summed E-state index contributed by atoms with van der Waals surface area (Å²) in [5, 5.41) is 13.4. The summed E-state index contributed by atoms with van der Waals surface area (Å²) < 4.78 is 10.2. The Morgan fingerprint density at radius 1 is 1.39 bits per heavy atom. The molecule has 0 fully saturated rings. The lowest BCUT2D eigenvalue weighted by atomic mass is 10.2. The fourth-order valence-corrected chi connectivity index (χ4v) is 1.62. The van der Waals surface area contributed by atoms with Gasteiger partial charge in [-0.05, 0) is 24.6 Å². The quantitative estimate of drug-likeness (QED) is 0.881. The second-order valence-electron chi connectivity index (χ2n) is 4.01. The second kappa shape index (κ2) is 5.53. The average Bonchev–Trinajstić information content (AvgIpc) is 2.85. The Labute approximate surface area is 105 Å². The number of hydrogen-bond donors (Lipinski definition) is 1. The van der Waals surface area contributed by atoms with Gasteiger partial charge in [-0.25, -0.2) is 0 Å². The normalized spacial score (nSPS) is 10.6. The number of hydrogen-bond acceptors (Lipinski definition) is 5. The van der Waals surface area contributed by atoms with E-state index in [0.717, 1.165) is 24.8 Å². The third-order valence-electron chi connectivity index (χ3n) is 2.65. The standard InChI is InChI=1S/C13H16N2O3/c1-3-4-5-12-14-13(18-15-12)9-6-7-10(16)11(8-9)17-2/h6-8,16H,3-5H2,1-2H3. The van der Waals surface area contributed by atoms with Crippen molar-refractivity contribution in [3.63, 3.8) is 0 Å². The number of methoxy groups -OCH3 is 1. The van der Waals surface area contributed by atoms with E-state index in [1.165, 1.54) is 7.11 Å². The molecule has 0 unspecified atom stereocenters. The maximum Gasteiger partial charge on any atom is 0.258 e. The zero-order chi connectivity index (χ0) is 13.0. The monoisotopic (exact) mass is 248 g/mol. The van der Waals surface area contributed by atoms with E-state index in [0.29, 0.717) is 17.5 Å². The van der Waals surface area contributed by atoms with Crippen LogP contribution in [0, 0.1) is 0 Å². The van der Waals surface area contributed by atoms with Crippen molar-refractivity contribution in [2.24, 2.45) is 0 Å². The van der Waals surface area contributed by atoms with Crippen LogP contribution in [0.3, 0.4) is 0 Å². The lowest BCUT2D eigenvalue weighted by molar-refractivity contribution is 0.373. The summed E-state index contributed by atoms with van der Waals surface area (Å²) in [5.74, 6) is 1.63. The number of aromatic nitrogens is 2. The highest BCUT2D eigenvalue weighted by atomic mass is 16.5. The van der Waals surface area contributed by atoms with Crippen LogP contribution in [0.15, 0.2) is 22.7 Å². The minimum Gasteiger partial charge on any atom is -0.504 e. The number of phenols is 1. The van der Waals surface area contributed by atoms with E-state index >= 15 is 0 Å². The van der Waals surface area contributed by atoms with Crippen molar-refractivity contribution in [1.82, 2.24) is 10.1 Å². The lowest BCUT2D eigenvalue weighted by Crippen LogP contribution is -1.88. The molecule has 96 valence electrons. The van der Waals surface area contributed by atoms with Gasteiger partial charge in [0.05, 0.1) is 7.11 Å². The van der Waals surface area contributed by atoms with Gasteiger partial charge in [0.25, 0.3) is 5.89 Å². The molecule has 5 heteroatoms. The van der Waals surface area contributed by atoms with Crippen LogP contribution in [0.5, 0.6) is 11.5 Å². The largest absolute Gasteiger partial charge is 0.504 e. The number of benzene rings is 1. The van der Waals surface area contributed by atoms with Crippen LogP contribution < -0.4 is 4.74 Å². The molecule has 2 rings (SSSR count). The molecule has 0 spiro atoms. The Morgan fingerprint density at radius 3 is 2.94 bits per heavy atom. The van der Waals surface area contributed by atoms with Crippen LogP contribution in [0.4, 0.5) is 0 Å². The zero-order valence-corrected chi connectivity index (χ0v) is 10.5. The Hall–Kier alpha value is -2.04. The summed E-state index contributed by atoms with van der Waals surface area (Å²) in [5.41, 5.74) is 0.736. The Bertz CT molecular complexity index is 523. The molecule has 5 nitrogen and oxygen atoms in total. The van der Waals surface area contributed by atoms with E-state index < -0.39 is 0 Å². The first kappa shape index (κ1) is 12.4. The molecule has 0 radical (unpaired) electrons. The van der Waals surface area contributed by atoms with Crippen molar-refractivity contribution < 1.29 is 14.4 Å². The molecule has 0 amide bonds. The minimum absolute atomic E-state index is 0.0898. The molecule has 0 bridgehead atoms. The Kier molecular flexibility index (Phi) is 3.82. The van der Waals surface area contributed by atoms with Gasteiger partial charge < -0.3 is 14.4 Å². The number of unbranched alkanes of at least 4 members (excludes halogenated alkanes) is 1. The van der Waals surface area contributed by atoms with Crippen molar-refractivity contribution in [3.8, 4) is 23.0 Å². The van der Waals surface area contributed by atoms with Crippen LogP contribution in [-0.4, -0.2) is 22.4 Å². The maximum absolute atomic E-state index is 9.51. The Morgan fingerprint density at radius 2 is 2.22 bits per heavy atom. The van der Waals surface area contributed by atoms with Crippen molar-refractivity contribution in [2.75, 3.05) is 7.11 Å². The van der Waals surface area contributed by atoms with Crippen molar-refractivity contribution in [3.05, 3.63) is 24.0 Å². The van der Waals surface area contributed by atoms with Gasteiger partial charge in [-0.1, -0.05) is 18.5 Å². The number of rotatable bonds is 5. The lowest BCUT2D eigenvalue weighted by Gasteiger charge is -2.03. The van der Waals surface area contributed by atoms with Gasteiger partial charge in [0, 0.05) is 12.0 Å². The van der Waals surface area contributed by atoms with Gasteiger partial charge in [0.1, 0.15) is 0 Å². The summed E-state index contributed by atoms with van der Waals surface area (Å²) in [7, 11) is 1.50. The first-order valence-corrected chi connectivity index (χ1v) is 5.94. The fraction of sp³-hybridized carbons (Fsp3) is 0.385. The van der Waals surface area contributed by atoms with Gasteiger partial charge in [-0.2, -0.15) is 4.98 Å². The smallest absolute Gasteiger partial charge is 0.258 e. The van der Waals surface area contributed by atoms with E-state index in [2.05, 4.69) is 17.1 Å². The third-order valence-corrected chi connectivity index (χ3v) is 2.65. The van der Waals surface area contributed by atoms with Gasteiger partial charge >= 0.3 is 0 Å². The molecule has 1 N–H and O–H groups in total. The SMILES string of the molecule is CCCCc1noc(-c2ccc(O)c(OC)c2)n1. The van der Waals surface area contributed by atoms with E-state index in [1.54, 1.807) is 18.2 Å². The van der Waals surface area contributed by atoms with E-state index in [9.17, 15) is 5.11 Å². The molecule has 0 atom stereocenters. The molecule has 0 aliphatic carbocycles. The van der Waals surface area contributed by atoms with Crippen molar-refractivity contribution >= 4 is 0 Å². The highest BCUT2D eigenvalue weighted by molar-refractivity contribution is 5.59. The molecule has 0 aliphatic rings. The Balaban J connectivity index is 2.23. The predicted molar refractivity (Wildman–Crippen MR) is 66.6 cm³/mol. The zero-order valence-electron chi connectivity index (χ0n) is 10.5. The summed E-state index contributed by atoms with van der Waals surface area (Å²) in [6, 6.07) is 4.94. The van der Waals surface area contributed by atoms with E-state index in [-0.39, 0.29) is 5.75 Å². The van der Waals surface area contributed by atoms with Crippen LogP contribution in [0.25, 0.3) is 11.5 Å². The van der Waals surface area contributed by atoms with Crippen molar-refractivity contribution in [1.29, 1.82) is 0 Å². The molecule has 1 aromatic heterocycles. The van der Waals surface area contributed by atoms with Crippen LogP contribution in [-0.2, 0) is 6.42 Å². The summed E-state index contributed by atoms with van der Waals surface area (Å²) in [4.78, 5) is 4.31. The fourth-order valence-electron chi connectivity index (χ4n) is 1.62. The first-order valence-electron chi connectivity index (χ1n) is 5.94. The molecule has 2 aromatic rings. The van der Waals surface area contributed by atoms with Gasteiger partial charge in [-0.3, -0.25) is 0 Å². The van der Waals surface area contributed by atoms with Crippen molar-refractivity contribution in [2.45, 2.75) is 26.2 Å². The topological polar surface area (TPSA) is 68.4 Å². The van der Waals surface area contributed by atoms with Gasteiger partial charge in [-0.15, -0.1) is 0 Å². The summed E-state index contributed by atoms with van der Waals surface area (Å²) in [6.45, 7) is 2.12. The van der Waals surface area contributed by atoms with E-state index in [4.69, 9.17) is 9.26 Å². The number of aryl methyl sites for hydroxylation is 1.